The fourth-order valence-electron chi connectivity index (χ4n) is 2.48. The Bertz CT molecular complexity index is 551. The lowest BCUT2D eigenvalue weighted by molar-refractivity contribution is 0.397. The van der Waals surface area contributed by atoms with E-state index in [1.807, 2.05) is 30.3 Å². The van der Waals surface area contributed by atoms with E-state index in [0.717, 1.165) is 25.1 Å². The second-order valence-electron chi connectivity index (χ2n) is 5.07. The first-order chi connectivity index (χ1) is 10.2. The highest BCUT2D eigenvalue weighted by Crippen LogP contribution is 2.26. The fraction of sp³-hybridized carbons (Fsp3) is 0.333. The summed E-state index contributed by atoms with van der Waals surface area (Å²) in [6.45, 7) is 3.06. The third-order valence-electron chi connectivity index (χ3n) is 3.66. The van der Waals surface area contributed by atoms with Crippen molar-refractivity contribution in [3.63, 3.8) is 0 Å². The molecule has 21 heavy (non-hydrogen) atoms. The van der Waals surface area contributed by atoms with Crippen LogP contribution in [-0.2, 0) is 6.42 Å². The molecule has 0 aromatic heterocycles. The number of ether oxygens (including phenoxy) is 1. The zero-order valence-electron chi connectivity index (χ0n) is 12.7. The maximum atomic E-state index is 9.29. The molecule has 0 aliphatic heterocycles. The summed E-state index contributed by atoms with van der Waals surface area (Å²) in [6, 6.07) is 15.8. The Kier molecular flexibility index (Phi) is 5.64. The highest BCUT2D eigenvalue weighted by Gasteiger charge is 2.12. The van der Waals surface area contributed by atoms with Crippen LogP contribution >= 0.6 is 0 Å². The molecule has 112 valence electrons. The van der Waals surface area contributed by atoms with Crippen LogP contribution in [0.2, 0.25) is 0 Å². The molecule has 3 heteroatoms. The monoisotopic (exact) mass is 285 g/mol. The van der Waals surface area contributed by atoms with Crippen LogP contribution in [0.4, 0.5) is 0 Å². The lowest BCUT2D eigenvalue weighted by atomic mass is 10.0. The van der Waals surface area contributed by atoms with Gasteiger partial charge in [-0.3, -0.25) is 0 Å². The van der Waals surface area contributed by atoms with Crippen molar-refractivity contribution in [2.24, 2.45) is 0 Å². The molecule has 2 rings (SSSR count). The summed E-state index contributed by atoms with van der Waals surface area (Å²) in [5, 5.41) is 12.9. The molecule has 0 spiro atoms. The number of phenolic OH excluding ortho intramolecular Hbond substituents is 1. The van der Waals surface area contributed by atoms with Gasteiger partial charge in [-0.2, -0.15) is 0 Å². The average Bonchev–Trinajstić information content (AvgIpc) is 2.53. The number of hydrogen-bond acceptors (Lipinski definition) is 3. The van der Waals surface area contributed by atoms with E-state index >= 15 is 0 Å². The Morgan fingerprint density at radius 1 is 1.10 bits per heavy atom. The smallest absolute Gasteiger partial charge is 0.123 e. The van der Waals surface area contributed by atoms with Gasteiger partial charge in [0.25, 0.3) is 0 Å². The predicted molar refractivity (Wildman–Crippen MR) is 85.8 cm³/mol. The summed E-state index contributed by atoms with van der Waals surface area (Å²) in [7, 11) is 1.71. The van der Waals surface area contributed by atoms with Gasteiger partial charge >= 0.3 is 0 Å². The molecule has 1 atom stereocenters. The summed E-state index contributed by atoms with van der Waals surface area (Å²) in [4.78, 5) is 0. The first-order valence-electron chi connectivity index (χ1n) is 7.38. The highest BCUT2D eigenvalue weighted by atomic mass is 16.5. The molecule has 2 N–H and O–H groups in total. The van der Waals surface area contributed by atoms with E-state index in [1.165, 1.54) is 11.1 Å². The number of rotatable bonds is 7. The van der Waals surface area contributed by atoms with E-state index in [2.05, 4.69) is 18.3 Å². The average molecular weight is 285 g/mol. The molecule has 0 radical (unpaired) electrons. The molecule has 0 aliphatic rings. The van der Waals surface area contributed by atoms with Gasteiger partial charge < -0.3 is 15.2 Å². The molecule has 2 aromatic rings. The molecule has 0 saturated carbocycles. The second-order valence-corrected chi connectivity index (χ2v) is 5.07. The summed E-state index contributed by atoms with van der Waals surface area (Å²) >= 11 is 0. The van der Waals surface area contributed by atoms with Crippen molar-refractivity contribution in [2.45, 2.75) is 25.8 Å². The predicted octanol–water partition coefficient (Wildman–Crippen LogP) is 3.68. The van der Waals surface area contributed by atoms with Gasteiger partial charge in [-0.1, -0.05) is 37.3 Å². The second kappa shape index (κ2) is 7.70. The fourth-order valence-corrected chi connectivity index (χ4v) is 2.48. The molecule has 0 fully saturated rings. The van der Waals surface area contributed by atoms with Crippen LogP contribution < -0.4 is 10.1 Å². The van der Waals surface area contributed by atoms with Gasteiger partial charge in [0.15, 0.2) is 0 Å². The van der Waals surface area contributed by atoms with Gasteiger partial charge in [0.1, 0.15) is 11.5 Å². The van der Waals surface area contributed by atoms with Crippen LogP contribution in [0.3, 0.4) is 0 Å². The Hall–Kier alpha value is -2.00. The summed E-state index contributed by atoms with van der Waals surface area (Å²) in [5.41, 5.74) is 2.42. The lowest BCUT2D eigenvalue weighted by Crippen LogP contribution is -2.23. The molecular weight excluding hydrogens is 262 g/mol. The number of nitrogens with one attached hydrogen (secondary N) is 1. The van der Waals surface area contributed by atoms with E-state index in [9.17, 15) is 5.11 Å². The summed E-state index contributed by atoms with van der Waals surface area (Å²) in [6.07, 6.45) is 1.95. The van der Waals surface area contributed by atoms with Gasteiger partial charge in [0, 0.05) is 11.6 Å². The van der Waals surface area contributed by atoms with Gasteiger partial charge in [0.2, 0.25) is 0 Å². The van der Waals surface area contributed by atoms with Crippen molar-refractivity contribution < 1.29 is 9.84 Å². The van der Waals surface area contributed by atoms with E-state index < -0.39 is 0 Å². The summed E-state index contributed by atoms with van der Waals surface area (Å²) < 4.78 is 5.44. The molecule has 3 nitrogen and oxygen atoms in total. The van der Waals surface area contributed by atoms with E-state index in [4.69, 9.17) is 4.74 Å². The third kappa shape index (κ3) is 4.23. The zero-order valence-corrected chi connectivity index (χ0v) is 12.7. The van der Waals surface area contributed by atoms with Crippen molar-refractivity contribution in [1.82, 2.24) is 5.32 Å². The van der Waals surface area contributed by atoms with E-state index in [0.29, 0.717) is 11.8 Å². The molecule has 0 bridgehead atoms. The molecule has 0 saturated heterocycles. The van der Waals surface area contributed by atoms with Crippen LogP contribution in [0.1, 0.15) is 30.5 Å². The largest absolute Gasteiger partial charge is 0.508 e. The Morgan fingerprint density at radius 2 is 1.81 bits per heavy atom. The van der Waals surface area contributed by atoms with Crippen molar-refractivity contribution in [3.05, 3.63) is 59.7 Å². The quantitative estimate of drug-likeness (QED) is 0.815. The maximum Gasteiger partial charge on any atom is 0.123 e. The number of hydrogen-bond donors (Lipinski definition) is 2. The van der Waals surface area contributed by atoms with Gasteiger partial charge in [-0.05, 0) is 43.1 Å². The minimum atomic E-state index is 0.290. The number of phenols is 1. The maximum absolute atomic E-state index is 9.29. The van der Waals surface area contributed by atoms with Crippen LogP contribution in [0, 0.1) is 0 Å². The van der Waals surface area contributed by atoms with Gasteiger partial charge in [-0.25, -0.2) is 0 Å². The lowest BCUT2D eigenvalue weighted by Gasteiger charge is -2.20. The minimum absolute atomic E-state index is 0.290. The number of para-hydroxylation sites is 1. The van der Waals surface area contributed by atoms with E-state index in [-0.39, 0.29) is 0 Å². The zero-order chi connectivity index (χ0) is 15.1. The normalized spacial score (nSPS) is 12.1. The van der Waals surface area contributed by atoms with Crippen LogP contribution in [-0.4, -0.2) is 18.8 Å². The third-order valence-corrected chi connectivity index (χ3v) is 3.66. The van der Waals surface area contributed by atoms with Crippen LogP contribution in [0.5, 0.6) is 11.5 Å². The van der Waals surface area contributed by atoms with Crippen LogP contribution in [0.15, 0.2) is 48.5 Å². The standard InChI is InChI=1S/C18H23NO2/c1-3-17(16-6-4-5-7-18(16)21-2)19-13-12-14-8-10-15(20)11-9-14/h4-11,17,19-20H,3,12-13H2,1-2H3. The first kappa shape index (κ1) is 15.4. The number of benzene rings is 2. The molecule has 2 aromatic carbocycles. The molecule has 0 heterocycles. The molecule has 0 amide bonds. The highest BCUT2D eigenvalue weighted by molar-refractivity contribution is 5.35. The summed E-state index contributed by atoms with van der Waals surface area (Å²) in [5.74, 6) is 1.24. The van der Waals surface area contributed by atoms with Crippen molar-refractivity contribution in [1.29, 1.82) is 0 Å². The topological polar surface area (TPSA) is 41.5 Å². The Labute approximate surface area is 126 Å². The Morgan fingerprint density at radius 3 is 2.48 bits per heavy atom. The SMILES string of the molecule is CCC(NCCc1ccc(O)cc1)c1ccccc1OC. The Balaban J connectivity index is 1.95. The molecular formula is C18H23NO2. The molecule has 1 unspecified atom stereocenters. The molecule has 0 aliphatic carbocycles. The van der Waals surface area contributed by atoms with Crippen molar-refractivity contribution >= 4 is 0 Å². The van der Waals surface area contributed by atoms with E-state index in [1.54, 1.807) is 19.2 Å². The minimum Gasteiger partial charge on any atom is -0.508 e. The number of aromatic hydroxyl groups is 1. The van der Waals surface area contributed by atoms with Gasteiger partial charge in [-0.15, -0.1) is 0 Å². The van der Waals surface area contributed by atoms with Gasteiger partial charge in [0.05, 0.1) is 7.11 Å². The van der Waals surface area contributed by atoms with Crippen LogP contribution in [0.25, 0.3) is 0 Å². The number of methoxy groups -OCH3 is 1. The first-order valence-corrected chi connectivity index (χ1v) is 7.38. The van der Waals surface area contributed by atoms with Crippen molar-refractivity contribution in [3.8, 4) is 11.5 Å². The van der Waals surface area contributed by atoms with Crippen molar-refractivity contribution in [2.75, 3.05) is 13.7 Å².